The van der Waals surface area contributed by atoms with Crippen molar-refractivity contribution in [2.45, 2.75) is 0 Å². The Balaban J connectivity index is 2.10. The van der Waals surface area contributed by atoms with Gasteiger partial charge in [-0.3, -0.25) is 0 Å². The Morgan fingerprint density at radius 3 is 0.864 bits per heavy atom. The number of phenolic OH excluding ortho intramolecular Hbond substituents is 3. The van der Waals surface area contributed by atoms with Gasteiger partial charge in [-0.2, -0.15) is 0 Å². The number of aromatic hydroxyl groups is 3. The fraction of sp³-hybridized carbons (Fsp3) is 0. The van der Waals surface area contributed by atoms with Crippen LogP contribution in [0.25, 0.3) is 0 Å². The number of hydrogen-bond donors (Lipinski definition) is 3. The molecule has 0 fully saturated rings. The minimum atomic E-state index is -2.48. The molecule has 0 saturated carbocycles. The van der Waals surface area contributed by atoms with Crippen molar-refractivity contribution in [1.82, 2.24) is 0 Å². The van der Waals surface area contributed by atoms with Gasteiger partial charge in [0.25, 0.3) is 0 Å². The van der Waals surface area contributed by atoms with Crippen LogP contribution in [0.5, 0.6) is 17.2 Å². The van der Waals surface area contributed by atoms with Gasteiger partial charge in [0.2, 0.25) is 0 Å². The molecule has 0 spiro atoms. The second-order valence-electron chi connectivity index (χ2n) is 4.88. The van der Waals surface area contributed by atoms with Gasteiger partial charge < -0.3 is 0 Å². The molecule has 0 heterocycles. The van der Waals surface area contributed by atoms with E-state index in [1.54, 1.807) is 36.4 Å². The van der Waals surface area contributed by atoms with Crippen LogP contribution in [0.2, 0.25) is 0 Å². The van der Waals surface area contributed by atoms with Crippen LogP contribution in [0.3, 0.4) is 0 Å². The van der Waals surface area contributed by atoms with Gasteiger partial charge in [-0.15, -0.1) is 0 Å². The summed E-state index contributed by atoms with van der Waals surface area (Å²) < 4.78 is 3.68. The van der Waals surface area contributed by atoms with Crippen LogP contribution in [-0.4, -0.2) is 37.1 Å². The zero-order chi connectivity index (χ0) is 15.5. The van der Waals surface area contributed by atoms with E-state index in [2.05, 4.69) is 0 Å². The summed E-state index contributed by atoms with van der Waals surface area (Å²) in [5.41, 5.74) is 0. The van der Waals surface area contributed by atoms with Gasteiger partial charge in [0.15, 0.2) is 0 Å². The van der Waals surface area contributed by atoms with Crippen LogP contribution >= 0.6 is 0 Å². The van der Waals surface area contributed by atoms with Crippen LogP contribution in [0.4, 0.5) is 0 Å². The molecule has 0 aliphatic carbocycles. The van der Waals surface area contributed by atoms with Gasteiger partial charge in [-0.05, 0) is 0 Å². The van der Waals surface area contributed by atoms with Gasteiger partial charge in [-0.1, -0.05) is 0 Å². The Morgan fingerprint density at radius 2 is 0.636 bits per heavy atom. The summed E-state index contributed by atoms with van der Waals surface area (Å²) in [6.07, 6.45) is 0. The molecule has 0 bridgehead atoms. The molecule has 0 aromatic heterocycles. The van der Waals surface area contributed by atoms with E-state index in [4.69, 9.17) is 0 Å². The molecule has 22 heavy (non-hydrogen) atoms. The van der Waals surface area contributed by atoms with Gasteiger partial charge in [0, 0.05) is 0 Å². The standard InChI is InChI=1S/3C6H5O.Bi/c3*7-6-4-2-1-3-5-6;/h3*2-5,7H;/q;;;+2. The van der Waals surface area contributed by atoms with Crippen molar-refractivity contribution in [3.05, 3.63) is 72.8 Å². The van der Waals surface area contributed by atoms with Gasteiger partial charge in [0.05, 0.1) is 0 Å². The molecule has 0 amide bonds. The zero-order valence-corrected chi connectivity index (χ0v) is 15.2. The third-order valence-corrected chi connectivity index (χ3v) is 12.8. The molecule has 3 nitrogen and oxygen atoms in total. The second kappa shape index (κ2) is 6.37. The summed E-state index contributed by atoms with van der Waals surface area (Å²) in [5.74, 6) is 0.761. The van der Waals surface area contributed by atoms with E-state index in [1.165, 1.54) is 9.81 Å². The van der Waals surface area contributed by atoms with E-state index < -0.39 is 21.8 Å². The number of benzene rings is 3. The Kier molecular flexibility index (Phi) is 4.30. The molecule has 108 valence electrons. The first-order chi connectivity index (χ1) is 10.6. The third-order valence-electron chi connectivity index (χ3n) is 3.32. The van der Waals surface area contributed by atoms with Gasteiger partial charge in [0.1, 0.15) is 0 Å². The first kappa shape index (κ1) is 14.9. The van der Waals surface area contributed by atoms with Crippen molar-refractivity contribution in [3.63, 3.8) is 0 Å². The quantitative estimate of drug-likeness (QED) is 0.488. The first-order valence-electron chi connectivity index (χ1n) is 6.81. The molecule has 0 aliphatic heterocycles. The molecule has 3 aromatic carbocycles. The van der Waals surface area contributed by atoms with Crippen molar-refractivity contribution in [2.75, 3.05) is 0 Å². The summed E-state index contributed by atoms with van der Waals surface area (Å²) in [4.78, 5) is 0. The average Bonchev–Trinajstić information content (AvgIpc) is 2.53. The number of hydrogen-bond acceptors (Lipinski definition) is 3. The summed E-state index contributed by atoms with van der Waals surface area (Å²) in [7, 11) is 0. The number of phenols is 3. The van der Waals surface area contributed by atoms with E-state index in [1.807, 2.05) is 36.4 Å². The molecule has 0 atom stereocenters. The van der Waals surface area contributed by atoms with Crippen molar-refractivity contribution >= 4 is 31.6 Å². The summed E-state index contributed by atoms with van der Waals surface area (Å²) in [6, 6.07) is 22.0. The van der Waals surface area contributed by atoms with E-state index in [0.29, 0.717) is 0 Å². The predicted molar refractivity (Wildman–Crippen MR) is 89.0 cm³/mol. The van der Waals surface area contributed by atoms with E-state index in [0.717, 1.165) is 0 Å². The Morgan fingerprint density at radius 1 is 0.409 bits per heavy atom. The maximum atomic E-state index is 9.51. The van der Waals surface area contributed by atoms with Crippen LogP contribution < -0.4 is 9.81 Å². The molecule has 3 N–H and O–H groups in total. The normalized spacial score (nSPS) is 10.4. The molecule has 0 aliphatic rings. The van der Waals surface area contributed by atoms with Crippen molar-refractivity contribution in [3.8, 4) is 17.2 Å². The zero-order valence-electron chi connectivity index (χ0n) is 11.7. The first-order valence-corrected chi connectivity index (χ1v) is 12.0. The van der Waals surface area contributed by atoms with Crippen molar-refractivity contribution in [1.29, 1.82) is 0 Å². The molecule has 4 heteroatoms. The SMILES string of the molecule is Oc1cc[c]([Bi+2]([c]2ccc(O)cc2)[c]2ccc(O)cc2)cc1. The third kappa shape index (κ3) is 3.23. The fourth-order valence-electron chi connectivity index (χ4n) is 2.25. The summed E-state index contributed by atoms with van der Waals surface area (Å²) >= 11 is -2.48. The van der Waals surface area contributed by atoms with E-state index in [9.17, 15) is 15.3 Å². The van der Waals surface area contributed by atoms with Crippen LogP contribution in [0.1, 0.15) is 0 Å². The molecule has 0 radical (unpaired) electrons. The van der Waals surface area contributed by atoms with Crippen molar-refractivity contribution < 1.29 is 15.3 Å². The van der Waals surface area contributed by atoms with Crippen molar-refractivity contribution in [2.24, 2.45) is 0 Å². The van der Waals surface area contributed by atoms with Crippen LogP contribution in [0, 0.1) is 0 Å². The summed E-state index contributed by atoms with van der Waals surface area (Å²) in [5, 5.41) is 28.5. The minimum absolute atomic E-state index is 0.254. The fourth-order valence-corrected chi connectivity index (χ4v) is 10.9. The summed E-state index contributed by atoms with van der Waals surface area (Å²) in [6.45, 7) is 0. The van der Waals surface area contributed by atoms with Crippen LogP contribution in [-0.2, 0) is 0 Å². The molecular formula is C18H15BiO3+2. The topological polar surface area (TPSA) is 60.7 Å². The van der Waals surface area contributed by atoms with Gasteiger partial charge >= 0.3 is 137 Å². The Bertz CT molecular complexity index is 642. The van der Waals surface area contributed by atoms with E-state index >= 15 is 0 Å². The Hall–Kier alpha value is -2.06. The molecule has 0 saturated heterocycles. The van der Waals surface area contributed by atoms with Gasteiger partial charge in [-0.25, -0.2) is 0 Å². The predicted octanol–water partition coefficient (Wildman–Crippen LogP) is 1.32. The molecule has 0 unspecified atom stereocenters. The average molecular weight is 488 g/mol. The Labute approximate surface area is 136 Å². The number of rotatable bonds is 3. The monoisotopic (exact) mass is 488 g/mol. The second-order valence-corrected chi connectivity index (χ2v) is 13.5. The van der Waals surface area contributed by atoms with E-state index in [-0.39, 0.29) is 17.2 Å². The molecular weight excluding hydrogens is 473 g/mol. The van der Waals surface area contributed by atoms with Crippen LogP contribution in [0.15, 0.2) is 72.8 Å². The maximum absolute atomic E-state index is 9.51. The molecule has 3 rings (SSSR count). The molecule has 3 aromatic rings.